The average Bonchev–Trinajstić information content (AvgIpc) is 2.42. The van der Waals surface area contributed by atoms with E-state index in [1.807, 2.05) is 11.3 Å². The van der Waals surface area contributed by atoms with Gasteiger partial charge in [0.2, 0.25) is 0 Å². The van der Waals surface area contributed by atoms with Gasteiger partial charge in [-0.1, -0.05) is 6.42 Å². The molecule has 1 aromatic heterocycles. The molecular formula is C11H16BrNS. The van der Waals surface area contributed by atoms with Gasteiger partial charge < -0.3 is 5.73 Å². The Labute approximate surface area is 97.8 Å². The lowest BCUT2D eigenvalue weighted by molar-refractivity contribution is 0.233. The lowest BCUT2D eigenvalue weighted by Crippen LogP contribution is -2.35. The highest BCUT2D eigenvalue weighted by molar-refractivity contribution is 9.10. The predicted octanol–water partition coefficient (Wildman–Crippen LogP) is 3.59. The summed E-state index contributed by atoms with van der Waals surface area (Å²) in [6, 6.07) is 0. The van der Waals surface area contributed by atoms with E-state index in [0.717, 1.165) is 13.0 Å². The molecule has 1 heterocycles. The summed E-state index contributed by atoms with van der Waals surface area (Å²) in [6.07, 6.45) is 5.15. The molecule has 0 radical (unpaired) electrons. The highest BCUT2D eigenvalue weighted by Gasteiger charge is 2.40. The van der Waals surface area contributed by atoms with Gasteiger partial charge in [0.25, 0.3) is 0 Å². The zero-order chi connectivity index (χ0) is 10.2. The van der Waals surface area contributed by atoms with Gasteiger partial charge in [-0.25, -0.2) is 0 Å². The van der Waals surface area contributed by atoms with Gasteiger partial charge in [-0.3, -0.25) is 0 Å². The van der Waals surface area contributed by atoms with Crippen LogP contribution < -0.4 is 5.73 Å². The van der Waals surface area contributed by atoms with Gasteiger partial charge in [0, 0.05) is 14.8 Å². The minimum absolute atomic E-state index is 0.423. The van der Waals surface area contributed by atoms with Gasteiger partial charge in [0.1, 0.15) is 0 Å². The van der Waals surface area contributed by atoms with Crippen LogP contribution in [0.25, 0.3) is 0 Å². The highest BCUT2D eigenvalue weighted by atomic mass is 79.9. The molecule has 14 heavy (non-hydrogen) atoms. The molecule has 3 heteroatoms. The summed E-state index contributed by atoms with van der Waals surface area (Å²) >= 11 is 5.60. The monoisotopic (exact) mass is 273 g/mol. The van der Waals surface area contributed by atoms with Crippen molar-refractivity contribution in [3.05, 3.63) is 20.3 Å². The van der Waals surface area contributed by atoms with Crippen molar-refractivity contribution in [2.24, 2.45) is 5.73 Å². The van der Waals surface area contributed by atoms with Crippen LogP contribution in [0.4, 0.5) is 0 Å². The topological polar surface area (TPSA) is 26.0 Å². The molecule has 2 rings (SSSR count). The van der Waals surface area contributed by atoms with Crippen LogP contribution in [0.2, 0.25) is 0 Å². The van der Waals surface area contributed by atoms with Crippen molar-refractivity contribution in [2.75, 3.05) is 6.54 Å². The first-order chi connectivity index (χ1) is 6.69. The van der Waals surface area contributed by atoms with Gasteiger partial charge in [-0.2, -0.15) is 0 Å². The Bertz CT molecular complexity index is 328. The maximum Gasteiger partial charge on any atom is 0.0349 e. The first-order valence-corrected chi connectivity index (χ1v) is 6.81. The molecule has 0 aromatic carbocycles. The van der Waals surface area contributed by atoms with E-state index in [1.54, 1.807) is 0 Å². The van der Waals surface area contributed by atoms with E-state index in [2.05, 4.69) is 28.2 Å². The molecule has 1 nitrogen and oxygen atoms in total. The van der Waals surface area contributed by atoms with E-state index in [0.29, 0.717) is 5.41 Å². The highest BCUT2D eigenvalue weighted by Crippen LogP contribution is 2.51. The van der Waals surface area contributed by atoms with Crippen LogP contribution in [0.1, 0.15) is 36.1 Å². The molecule has 1 aliphatic rings. The Hall–Kier alpha value is 0.140. The van der Waals surface area contributed by atoms with Gasteiger partial charge >= 0.3 is 0 Å². The normalized spacial score (nSPS) is 19.4. The Morgan fingerprint density at radius 3 is 2.64 bits per heavy atom. The smallest absolute Gasteiger partial charge is 0.0349 e. The van der Waals surface area contributed by atoms with Gasteiger partial charge in [-0.15, -0.1) is 11.3 Å². The van der Waals surface area contributed by atoms with E-state index in [-0.39, 0.29) is 0 Å². The molecule has 0 amide bonds. The summed E-state index contributed by atoms with van der Waals surface area (Å²) in [5.41, 5.74) is 7.50. The van der Waals surface area contributed by atoms with Gasteiger partial charge in [0.05, 0.1) is 0 Å². The molecular weight excluding hydrogens is 258 g/mol. The summed E-state index contributed by atoms with van der Waals surface area (Å²) in [7, 11) is 0. The minimum atomic E-state index is 0.423. The Balaban J connectivity index is 2.31. The maximum absolute atomic E-state index is 5.71. The fourth-order valence-corrected chi connectivity index (χ4v) is 4.46. The van der Waals surface area contributed by atoms with Crippen molar-refractivity contribution in [3.8, 4) is 0 Å². The van der Waals surface area contributed by atoms with E-state index < -0.39 is 0 Å². The molecule has 0 bridgehead atoms. The second-order valence-electron chi connectivity index (χ2n) is 4.23. The fourth-order valence-electron chi connectivity index (χ4n) is 2.26. The fraction of sp³-hybridized carbons (Fsp3) is 0.636. The van der Waals surface area contributed by atoms with Crippen LogP contribution in [0.5, 0.6) is 0 Å². The number of hydrogen-bond donors (Lipinski definition) is 1. The van der Waals surface area contributed by atoms with Crippen molar-refractivity contribution < 1.29 is 0 Å². The van der Waals surface area contributed by atoms with Gasteiger partial charge in [-0.05, 0) is 59.6 Å². The molecule has 0 spiro atoms. The van der Waals surface area contributed by atoms with Crippen LogP contribution in [-0.4, -0.2) is 6.54 Å². The van der Waals surface area contributed by atoms with Crippen LogP contribution in [0.3, 0.4) is 0 Å². The molecule has 0 atom stereocenters. The second-order valence-corrected chi connectivity index (χ2v) is 5.91. The third-order valence-corrected chi connectivity index (χ3v) is 5.94. The Kier molecular flexibility index (Phi) is 3.01. The van der Waals surface area contributed by atoms with Crippen molar-refractivity contribution in [3.63, 3.8) is 0 Å². The quantitative estimate of drug-likeness (QED) is 0.895. The Morgan fingerprint density at radius 2 is 2.29 bits per heavy atom. The van der Waals surface area contributed by atoms with Gasteiger partial charge in [0.15, 0.2) is 0 Å². The van der Waals surface area contributed by atoms with Crippen molar-refractivity contribution in [1.82, 2.24) is 0 Å². The standard InChI is InChI=1S/C11H16BrNS/c1-8-7-14-10(9(8)12)11(5-6-13)3-2-4-11/h7H,2-6,13H2,1H3. The van der Waals surface area contributed by atoms with Crippen LogP contribution >= 0.6 is 27.3 Å². The molecule has 78 valence electrons. The van der Waals surface area contributed by atoms with Crippen molar-refractivity contribution >= 4 is 27.3 Å². The number of thiophene rings is 1. The maximum atomic E-state index is 5.71. The van der Waals surface area contributed by atoms with Crippen LogP contribution in [-0.2, 0) is 5.41 Å². The number of nitrogens with two attached hydrogens (primary N) is 1. The molecule has 2 N–H and O–H groups in total. The largest absolute Gasteiger partial charge is 0.330 e. The summed E-state index contributed by atoms with van der Waals surface area (Å²) in [6.45, 7) is 2.97. The molecule has 0 aliphatic heterocycles. The molecule has 0 saturated heterocycles. The summed E-state index contributed by atoms with van der Waals surface area (Å²) in [5.74, 6) is 0. The number of hydrogen-bond acceptors (Lipinski definition) is 2. The predicted molar refractivity (Wildman–Crippen MR) is 66.0 cm³/mol. The number of rotatable bonds is 3. The second kappa shape index (κ2) is 3.95. The number of aryl methyl sites for hydroxylation is 1. The zero-order valence-corrected chi connectivity index (χ0v) is 10.9. The zero-order valence-electron chi connectivity index (χ0n) is 8.48. The summed E-state index contributed by atoms with van der Waals surface area (Å²) in [4.78, 5) is 1.53. The van der Waals surface area contributed by atoms with E-state index in [4.69, 9.17) is 5.73 Å². The van der Waals surface area contributed by atoms with Crippen molar-refractivity contribution in [1.29, 1.82) is 0 Å². The lowest BCUT2D eigenvalue weighted by atomic mass is 9.65. The van der Waals surface area contributed by atoms with E-state index >= 15 is 0 Å². The first kappa shape index (κ1) is 10.7. The molecule has 0 unspecified atom stereocenters. The first-order valence-electron chi connectivity index (χ1n) is 5.14. The third kappa shape index (κ3) is 1.55. The molecule has 1 fully saturated rings. The molecule has 1 aromatic rings. The SMILES string of the molecule is Cc1csc(C2(CCN)CCC2)c1Br. The van der Waals surface area contributed by atoms with E-state index in [1.165, 1.54) is 34.2 Å². The summed E-state index contributed by atoms with van der Waals surface area (Å²) in [5, 5.41) is 2.25. The third-order valence-electron chi connectivity index (χ3n) is 3.31. The molecule has 1 aliphatic carbocycles. The lowest BCUT2D eigenvalue weighted by Gasteiger charge is -2.41. The number of halogens is 1. The minimum Gasteiger partial charge on any atom is -0.330 e. The average molecular weight is 274 g/mol. The van der Waals surface area contributed by atoms with Crippen LogP contribution in [0, 0.1) is 6.92 Å². The Morgan fingerprint density at radius 1 is 1.57 bits per heavy atom. The van der Waals surface area contributed by atoms with Crippen molar-refractivity contribution in [2.45, 2.75) is 38.0 Å². The summed E-state index contributed by atoms with van der Waals surface area (Å²) < 4.78 is 1.33. The van der Waals surface area contributed by atoms with E-state index in [9.17, 15) is 0 Å². The molecule has 1 saturated carbocycles. The van der Waals surface area contributed by atoms with Crippen LogP contribution in [0.15, 0.2) is 9.85 Å².